The number of benzene rings is 1. The summed E-state index contributed by atoms with van der Waals surface area (Å²) in [5, 5.41) is 2.87. The van der Waals surface area contributed by atoms with E-state index in [2.05, 4.69) is 22.2 Å². The summed E-state index contributed by atoms with van der Waals surface area (Å²) >= 11 is 0. The van der Waals surface area contributed by atoms with Crippen LogP contribution in [-0.2, 0) is 6.42 Å². The lowest BCUT2D eigenvalue weighted by Gasteiger charge is -2.30. The Morgan fingerprint density at radius 1 is 1.33 bits per heavy atom. The predicted molar refractivity (Wildman–Crippen MR) is 88.1 cm³/mol. The Kier molecular flexibility index (Phi) is 4.46. The third-order valence-corrected chi connectivity index (χ3v) is 4.62. The summed E-state index contributed by atoms with van der Waals surface area (Å²) in [6, 6.07) is 7.75. The molecule has 2 N–H and O–H groups in total. The highest BCUT2D eigenvalue weighted by atomic mass is 19.1. The van der Waals surface area contributed by atoms with E-state index in [0.29, 0.717) is 12.5 Å². The summed E-state index contributed by atoms with van der Waals surface area (Å²) in [7, 11) is 0. The number of rotatable bonds is 6. The lowest BCUT2D eigenvalue weighted by Crippen LogP contribution is -2.39. The molecule has 126 valence electrons. The van der Waals surface area contributed by atoms with E-state index in [1.165, 1.54) is 24.4 Å². The van der Waals surface area contributed by atoms with Crippen LogP contribution in [0.4, 0.5) is 4.39 Å². The average Bonchev–Trinajstić information content (AvgIpc) is 3.40. The minimum Gasteiger partial charge on any atom is -0.349 e. The first-order chi connectivity index (χ1) is 11.5. The topological polar surface area (TPSA) is 74.8 Å². The number of nitrogens with zero attached hydrogens (tertiary/aromatic N) is 1. The van der Waals surface area contributed by atoms with Crippen LogP contribution in [0.1, 0.15) is 35.9 Å². The molecule has 0 unspecified atom stereocenters. The molecule has 0 radical (unpaired) electrons. The van der Waals surface area contributed by atoms with E-state index in [-0.39, 0.29) is 22.6 Å². The SMILES string of the molecule is C[C@](CNC(=O)c1nccc(=O)[nH]1)(Cc1ccc(F)cc1)C1CC1. The molecule has 3 rings (SSSR count). The van der Waals surface area contributed by atoms with Gasteiger partial charge in [-0.25, -0.2) is 9.37 Å². The molecule has 0 spiro atoms. The molecular formula is C18H20FN3O2. The van der Waals surface area contributed by atoms with Crippen LogP contribution in [0.25, 0.3) is 0 Å². The molecular weight excluding hydrogens is 309 g/mol. The van der Waals surface area contributed by atoms with E-state index in [4.69, 9.17) is 0 Å². The van der Waals surface area contributed by atoms with Crippen LogP contribution in [0.15, 0.2) is 41.3 Å². The molecule has 1 heterocycles. The Morgan fingerprint density at radius 2 is 2.04 bits per heavy atom. The number of halogens is 1. The van der Waals surface area contributed by atoms with E-state index >= 15 is 0 Å². The number of carbonyl (C=O) groups excluding carboxylic acids is 1. The molecule has 1 saturated carbocycles. The molecule has 5 nitrogen and oxygen atoms in total. The van der Waals surface area contributed by atoms with Gasteiger partial charge in [-0.15, -0.1) is 0 Å². The summed E-state index contributed by atoms with van der Waals surface area (Å²) in [6.45, 7) is 2.61. The Balaban J connectivity index is 1.68. The minimum atomic E-state index is -0.390. The van der Waals surface area contributed by atoms with Crippen LogP contribution >= 0.6 is 0 Å². The number of carbonyl (C=O) groups is 1. The molecule has 1 atom stereocenters. The zero-order valence-corrected chi connectivity index (χ0v) is 13.5. The van der Waals surface area contributed by atoms with Gasteiger partial charge in [-0.3, -0.25) is 9.59 Å². The number of hydrogen-bond acceptors (Lipinski definition) is 3. The standard InChI is InChI=1S/C18H20FN3O2/c1-18(13-4-5-13,10-12-2-6-14(19)7-3-12)11-21-17(24)16-20-9-8-15(23)22-16/h2-3,6-9,13H,4-5,10-11H2,1H3,(H,21,24)(H,20,22,23)/t18-/m1/s1. The number of H-pyrrole nitrogens is 1. The van der Waals surface area contributed by atoms with Gasteiger partial charge in [0.1, 0.15) is 5.82 Å². The Hall–Kier alpha value is -2.50. The molecule has 0 bridgehead atoms. The molecule has 0 saturated heterocycles. The number of hydrogen-bond donors (Lipinski definition) is 2. The quantitative estimate of drug-likeness (QED) is 0.854. The third kappa shape index (κ3) is 3.88. The second-order valence-electron chi connectivity index (χ2n) is 6.70. The van der Waals surface area contributed by atoms with Crippen LogP contribution < -0.4 is 10.9 Å². The van der Waals surface area contributed by atoms with Crippen LogP contribution in [0, 0.1) is 17.2 Å². The van der Waals surface area contributed by atoms with Gasteiger partial charge < -0.3 is 10.3 Å². The van der Waals surface area contributed by atoms with Crippen LogP contribution in [0.3, 0.4) is 0 Å². The molecule has 1 aliphatic carbocycles. The molecule has 0 aliphatic heterocycles. The smallest absolute Gasteiger partial charge is 0.287 e. The van der Waals surface area contributed by atoms with Crippen molar-refractivity contribution in [1.29, 1.82) is 0 Å². The fraction of sp³-hybridized carbons (Fsp3) is 0.389. The fourth-order valence-corrected chi connectivity index (χ4v) is 3.05. The van der Waals surface area contributed by atoms with Crippen molar-refractivity contribution >= 4 is 5.91 Å². The summed E-state index contributed by atoms with van der Waals surface area (Å²) in [4.78, 5) is 29.8. The lowest BCUT2D eigenvalue weighted by molar-refractivity contribution is 0.0915. The average molecular weight is 329 g/mol. The van der Waals surface area contributed by atoms with E-state index in [0.717, 1.165) is 24.8 Å². The van der Waals surface area contributed by atoms with Gasteiger partial charge in [-0.05, 0) is 48.3 Å². The summed E-state index contributed by atoms with van der Waals surface area (Å²) < 4.78 is 13.1. The molecule has 1 aliphatic rings. The van der Waals surface area contributed by atoms with E-state index in [1.807, 2.05) is 0 Å². The molecule has 1 aromatic heterocycles. The highest BCUT2D eigenvalue weighted by Crippen LogP contribution is 2.47. The first-order valence-corrected chi connectivity index (χ1v) is 8.04. The second-order valence-corrected chi connectivity index (χ2v) is 6.70. The normalized spacial score (nSPS) is 16.4. The van der Waals surface area contributed by atoms with Gasteiger partial charge in [0.2, 0.25) is 0 Å². The van der Waals surface area contributed by atoms with Crippen molar-refractivity contribution in [3.63, 3.8) is 0 Å². The van der Waals surface area contributed by atoms with E-state index in [1.54, 1.807) is 12.1 Å². The van der Waals surface area contributed by atoms with Crippen LogP contribution in [0.2, 0.25) is 0 Å². The van der Waals surface area contributed by atoms with Gasteiger partial charge in [-0.2, -0.15) is 0 Å². The first kappa shape index (κ1) is 16.4. The van der Waals surface area contributed by atoms with Gasteiger partial charge in [-0.1, -0.05) is 19.1 Å². The van der Waals surface area contributed by atoms with Gasteiger partial charge in [0.25, 0.3) is 11.5 Å². The van der Waals surface area contributed by atoms with Gasteiger partial charge in [0, 0.05) is 18.8 Å². The predicted octanol–water partition coefficient (Wildman–Crippen LogP) is 2.30. The number of aromatic nitrogens is 2. The molecule has 1 amide bonds. The highest BCUT2D eigenvalue weighted by Gasteiger charge is 2.41. The van der Waals surface area contributed by atoms with Crippen LogP contribution in [0.5, 0.6) is 0 Å². The molecule has 6 heteroatoms. The maximum absolute atomic E-state index is 13.1. The number of amides is 1. The summed E-state index contributed by atoms with van der Waals surface area (Å²) in [5.74, 6) is -0.0916. The van der Waals surface area contributed by atoms with Crippen molar-refractivity contribution in [3.05, 3.63) is 64.1 Å². The van der Waals surface area contributed by atoms with Crippen molar-refractivity contribution < 1.29 is 9.18 Å². The zero-order chi connectivity index (χ0) is 17.2. The molecule has 2 aromatic rings. The Labute approximate surface area is 139 Å². The van der Waals surface area contributed by atoms with Crippen molar-refractivity contribution in [2.75, 3.05) is 6.54 Å². The third-order valence-electron chi connectivity index (χ3n) is 4.62. The van der Waals surface area contributed by atoms with Crippen molar-refractivity contribution in [3.8, 4) is 0 Å². The fourth-order valence-electron chi connectivity index (χ4n) is 3.05. The maximum atomic E-state index is 13.1. The minimum absolute atomic E-state index is 0.0161. The summed E-state index contributed by atoms with van der Waals surface area (Å²) in [5.41, 5.74) is 0.584. The second kappa shape index (κ2) is 6.55. The monoisotopic (exact) mass is 329 g/mol. The Bertz CT molecular complexity index is 783. The molecule has 24 heavy (non-hydrogen) atoms. The Morgan fingerprint density at radius 3 is 2.67 bits per heavy atom. The molecule has 1 fully saturated rings. The van der Waals surface area contributed by atoms with E-state index in [9.17, 15) is 14.0 Å². The van der Waals surface area contributed by atoms with Crippen molar-refractivity contribution in [2.24, 2.45) is 11.3 Å². The van der Waals surface area contributed by atoms with Gasteiger partial charge in [0.15, 0.2) is 5.82 Å². The maximum Gasteiger partial charge on any atom is 0.287 e. The zero-order valence-electron chi connectivity index (χ0n) is 13.5. The summed E-state index contributed by atoms with van der Waals surface area (Å²) in [6.07, 6.45) is 4.34. The number of aromatic amines is 1. The first-order valence-electron chi connectivity index (χ1n) is 8.04. The van der Waals surface area contributed by atoms with E-state index < -0.39 is 5.91 Å². The largest absolute Gasteiger partial charge is 0.349 e. The van der Waals surface area contributed by atoms with Crippen molar-refractivity contribution in [2.45, 2.75) is 26.2 Å². The molecule has 1 aromatic carbocycles. The lowest BCUT2D eigenvalue weighted by atomic mass is 9.79. The van der Waals surface area contributed by atoms with Crippen molar-refractivity contribution in [1.82, 2.24) is 15.3 Å². The van der Waals surface area contributed by atoms with Crippen LogP contribution in [-0.4, -0.2) is 22.4 Å². The van der Waals surface area contributed by atoms with Gasteiger partial charge in [0.05, 0.1) is 0 Å². The number of nitrogens with one attached hydrogen (secondary N) is 2. The van der Waals surface area contributed by atoms with Gasteiger partial charge >= 0.3 is 0 Å². The highest BCUT2D eigenvalue weighted by molar-refractivity contribution is 5.90.